The zero-order chi connectivity index (χ0) is 12.3. The SMILES string of the molecule is CCCCCCCCC1CCCCC(NC)C1. The second kappa shape index (κ2) is 9.94. The van der Waals surface area contributed by atoms with Crippen LogP contribution in [0.4, 0.5) is 0 Å². The zero-order valence-corrected chi connectivity index (χ0v) is 12.1. The average molecular weight is 239 g/mol. The minimum absolute atomic E-state index is 0.808. The van der Waals surface area contributed by atoms with Crippen LogP contribution in [0.5, 0.6) is 0 Å². The van der Waals surface area contributed by atoms with Gasteiger partial charge in [0, 0.05) is 6.04 Å². The van der Waals surface area contributed by atoms with Gasteiger partial charge in [0.1, 0.15) is 0 Å². The molecule has 2 unspecified atom stereocenters. The minimum Gasteiger partial charge on any atom is -0.317 e. The van der Waals surface area contributed by atoms with Gasteiger partial charge >= 0.3 is 0 Å². The van der Waals surface area contributed by atoms with Crippen molar-refractivity contribution < 1.29 is 0 Å². The predicted octanol–water partition coefficient (Wildman–Crippen LogP) is 4.91. The summed E-state index contributed by atoms with van der Waals surface area (Å²) >= 11 is 0. The molecule has 1 fully saturated rings. The summed E-state index contributed by atoms with van der Waals surface area (Å²) in [7, 11) is 2.14. The molecule has 2 atom stereocenters. The molecule has 1 heteroatoms. The molecule has 1 nitrogen and oxygen atoms in total. The molecule has 0 heterocycles. The van der Waals surface area contributed by atoms with Gasteiger partial charge in [0.2, 0.25) is 0 Å². The zero-order valence-electron chi connectivity index (χ0n) is 12.1. The normalized spacial score (nSPS) is 25.8. The molecule has 102 valence electrons. The van der Waals surface area contributed by atoms with E-state index < -0.39 is 0 Å². The molecule has 0 aliphatic heterocycles. The topological polar surface area (TPSA) is 12.0 Å². The molecule has 0 bridgehead atoms. The van der Waals surface area contributed by atoms with Crippen LogP contribution in [0.15, 0.2) is 0 Å². The molecule has 1 N–H and O–H groups in total. The van der Waals surface area contributed by atoms with E-state index in [0.717, 1.165) is 12.0 Å². The van der Waals surface area contributed by atoms with Gasteiger partial charge in [0.15, 0.2) is 0 Å². The number of hydrogen-bond donors (Lipinski definition) is 1. The van der Waals surface area contributed by atoms with Crippen LogP contribution in [-0.4, -0.2) is 13.1 Å². The largest absolute Gasteiger partial charge is 0.317 e. The van der Waals surface area contributed by atoms with Gasteiger partial charge in [0.25, 0.3) is 0 Å². The van der Waals surface area contributed by atoms with Gasteiger partial charge in [-0.15, -0.1) is 0 Å². The van der Waals surface area contributed by atoms with Gasteiger partial charge in [-0.2, -0.15) is 0 Å². The van der Waals surface area contributed by atoms with Crippen molar-refractivity contribution >= 4 is 0 Å². The quantitative estimate of drug-likeness (QED) is 0.469. The van der Waals surface area contributed by atoms with Gasteiger partial charge in [-0.25, -0.2) is 0 Å². The van der Waals surface area contributed by atoms with Crippen molar-refractivity contribution in [2.75, 3.05) is 7.05 Å². The Morgan fingerprint density at radius 1 is 0.941 bits per heavy atom. The van der Waals surface area contributed by atoms with Crippen molar-refractivity contribution in [3.8, 4) is 0 Å². The van der Waals surface area contributed by atoms with Crippen molar-refractivity contribution in [2.24, 2.45) is 5.92 Å². The Balaban J connectivity index is 2.04. The fourth-order valence-corrected chi connectivity index (χ4v) is 3.20. The van der Waals surface area contributed by atoms with Gasteiger partial charge < -0.3 is 5.32 Å². The molecule has 0 aromatic heterocycles. The van der Waals surface area contributed by atoms with Gasteiger partial charge in [-0.05, 0) is 25.8 Å². The first-order valence-electron chi connectivity index (χ1n) is 8.04. The molecule has 1 aliphatic carbocycles. The molecule has 0 radical (unpaired) electrons. The van der Waals surface area contributed by atoms with Crippen LogP contribution >= 0.6 is 0 Å². The molecule has 0 spiro atoms. The summed E-state index contributed by atoms with van der Waals surface area (Å²) in [6.07, 6.45) is 17.4. The summed E-state index contributed by atoms with van der Waals surface area (Å²) in [5, 5.41) is 3.49. The van der Waals surface area contributed by atoms with Crippen LogP contribution in [-0.2, 0) is 0 Å². The van der Waals surface area contributed by atoms with Crippen molar-refractivity contribution in [2.45, 2.75) is 90.0 Å². The number of unbranched alkanes of at least 4 members (excludes halogenated alkanes) is 5. The minimum atomic E-state index is 0.808. The molecule has 0 aromatic carbocycles. The summed E-state index contributed by atoms with van der Waals surface area (Å²) in [6, 6.07) is 0.808. The van der Waals surface area contributed by atoms with E-state index >= 15 is 0 Å². The van der Waals surface area contributed by atoms with Crippen molar-refractivity contribution in [3.05, 3.63) is 0 Å². The fourth-order valence-electron chi connectivity index (χ4n) is 3.20. The van der Waals surface area contributed by atoms with Crippen molar-refractivity contribution in [1.29, 1.82) is 0 Å². The Labute approximate surface area is 109 Å². The molecular formula is C16H33N. The highest BCUT2D eigenvalue weighted by Crippen LogP contribution is 2.27. The summed E-state index contributed by atoms with van der Waals surface area (Å²) in [5.74, 6) is 1.01. The number of rotatable bonds is 8. The van der Waals surface area contributed by atoms with Crippen molar-refractivity contribution in [3.63, 3.8) is 0 Å². The summed E-state index contributed by atoms with van der Waals surface area (Å²) < 4.78 is 0. The Morgan fingerprint density at radius 3 is 2.41 bits per heavy atom. The lowest BCUT2D eigenvalue weighted by Crippen LogP contribution is -2.26. The van der Waals surface area contributed by atoms with Crippen LogP contribution in [0, 0.1) is 5.92 Å². The van der Waals surface area contributed by atoms with Crippen LogP contribution < -0.4 is 5.32 Å². The Bertz CT molecular complexity index is 167. The third kappa shape index (κ3) is 7.08. The summed E-state index contributed by atoms with van der Waals surface area (Å²) in [4.78, 5) is 0. The molecule has 1 saturated carbocycles. The maximum absolute atomic E-state index is 3.49. The van der Waals surface area contributed by atoms with E-state index in [1.54, 1.807) is 0 Å². The standard InChI is InChI=1S/C16H33N/c1-3-4-5-6-7-8-11-15-12-9-10-13-16(14-15)17-2/h15-17H,3-14H2,1-2H3. The highest BCUT2D eigenvalue weighted by Gasteiger charge is 2.18. The Morgan fingerprint density at radius 2 is 1.65 bits per heavy atom. The van der Waals surface area contributed by atoms with Crippen LogP contribution in [0.25, 0.3) is 0 Å². The van der Waals surface area contributed by atoms with Gasteiger partial charge in [-0.1, -0.05) is 71.1 Å². The lowest BCUT2D eigenvalue weighted by atomic mass is 9.92. The number of hydrogen-bond acceptors (Lipinski definition) is 1. The fraction of sp³-hybridized carbons (Fsp3) is 1.00. The highest BCUT2D eigenvalue weighted by molar-refractivity contribution is 4.75. The van der Waals surface area contributed by atoms with E-state index in [9.17, 15) is 0 Å². The van der Waals surface area contributed by atoms with Crippen molar-refractivity contribution in [1.82, 2.24) is 5.32 Å². The molecule has 17 heavy (non-hydrogen) atoms. The molecule has 1 aliphatic rings. The maximum atomic E-state index is 3.49. The number of nitrogens with one attached hydrogen (secondary N) is 1. The maximum Gasteiger partial charge on any atom is 0.00667 e. The smallest absolute Gasteiger partial charge is 0.00667 e. The first kappa shape index (κ1) is 15.0. The third-order valence-corrected chi connectivity index (χ3v) is 4.41. The monoisotopic (exact) mass is 239 g/mol. The molecule has 1 rings (SSSR count). The molecule has 0 amide bonds. The predicted molar refractivity (Wildman–Crippen MR) is 77.4 cm³/mol. The van der Waals surface area contributed by atoms with E-state index in [0.29, 0.717) is 0 Å². The lowest BCUT2D eigenvalue weighted by Gasteiger charge is -2.19. The molecule has 0 saturated heterocycles. The summed E-state index contributed by atoms with van der Waals surface area (Å²) in [5.41, 5.74) is 0. The van der Waals surface area contributed by atoms with Gasteiger partial charge in [0.05, 0.1) is 0 Å². The molecule has 0 aromatic rings. The van der Waals surface area contributed by atoms with E-state index in [-0.39, 0.29) is 0 Å². The molecular weight excluding hydrogens is 206 g/mol. The highest BCUT2D eigenvalue weighted by atomic mass is 14.9. The van der Waals surface area contributed by atoms with E-state index in [4.69, 9.17) is 0 Å². The van der Waals surface area contributed by atoms with Crippen LogP contribution in [0.3, 0.4) is 0 Å². The first-order valence-corrected chi connectivity index (χ1v) is 8.04. The lowest BCUT2D eigenvalue weighted by molar-refractivity contribution is 0.367. The average Bonchev–Trinajstić information content (AvgIpc) is 2.58. The second-order valence-electron chi connectivity index (χ2n) is 5.93. The van der Waals surface area contributed by atoms with Crippen LogP contribution in [0.2, 0.25) is 0 Å². The summed E-state index contributed by atoms with van der Waals surface area (Å²) in [6.45, 7) is 2.30. The Hall–Kier alpha value is -0.0400. The first-order chi connectivity index (χ1) is 8.36. The van der Waals surface area contributed by atoms with Crippen LogP contribution in [0.1, 0.15) is 84.0 Å². The Kier molecular flexibility index (Phi) is 8.78. The van der Waals surface area contributed by atoms with E-state index in [1.807, 2.05) is 0 Å². The third-order valence-electron chi connectivity index (χ3n) is 4.41. The van der Waals surface area contributed by atoms with E-state index in [2.05, 4.69) is 19.3 Å². The van der Waals surface area contributed by atoms with E-state index in [1.165, 1.54) is 77.0 Å². The van der Waals surface area contributed by atoms with Gasteiger partial charge in [-0.3, -0.25) is 0 Å². The second-order valence-corrected chi connectivity index (χ2v) is 5.93.